The van der Waals surface area contributed by atoms with E-state index in [4.69, 9.17) is 4.74 Å². The number of hydrogen-bond acceptors (Lipinski definition) is 2. The molecule has 0 rings (SSSR count). The third-order valence-electron chi connectivity index (χ3n) is 1.94. The van der Waals surface area contributed by atoms with Gasteiger partial charge in [-0.05, 0) is 32.7 Å². The second-order valence-corrected chi connectivity index (χ2v) is 4.38. The molecule has 1 unspecified atom stereocenters. The molecule has 2 nitrogen and oxygen atoms in total. The molecule has 80 valence electrons. The lowest BCUT2D eigenvalue weighted by Crippen LogP contribution is -2.28. The number of hydrogen-bond donors (Lipinski definition) is 1. The highest BCUT2D eigenvalue weighted by molar-refractivity contribution is 4.59. The Morgan fingerprint density at radius 1 is 1.08 bits per heavy atom. The average Bonchev–Trinajstić information content (AvgIpc) is 2.00. The summed E-state index contributed by atoms with van der Waals surface area (Å²) in [6.45, 7) is 12.8. The standard InChI is InChI=1S/C11H25NO/c1-9(2)12-8-11(5)6-7-13-10(3)4/h9-12H,6-8H2,1-5H3. The second-order valence-electron chi connectivity index (χ2n) is 4.38. The highest BCUT2D eigenvalue weighted by Crippen LogP contribution is 2.02. The van der Waals surface area contributed by atoms with Crippen LogP contribution in [0.1, 0.15) is 41.0 Å². The van der Waals surface area contributed by atoms with Crippen molar-refractivity contribution in [3.63, 3.8) is 0 Å². The third kappa shape index (κ3) is 9.84. The lowest BCUT2D eigenvalue weighted by atomic mass is 10.1. The lowest BCUT2D eigenvalue weighted by molar-refractivity contribution is 0.0695. The highest BCUT2D eigenvalue weighted by atomic mass is 16.5. The van der Waals surface area contributed by atoms with Crippen LogP contribution in [0.2, 0.25) is 0 Å². The van der Waals surface area contributed by atoms with Gasteiger partial charge in [-0.15, -0.1) is 0 Å². The summed E-state index contributed by atoms with van der Waals surface area (Å²) in [7, 11) is 0. The maximum atomic E-state index is 5.49. The molecule has 0 amide bonds. The van der Waals surface area contributed by atoms with Crippen molar-refractivity contribution in [2.45, 2.75) is 53.2 Å². The van der Waals surface area contributed by atoms with Crippen LogP contribution in [0.5, 0.6) is 0 Å². The molecular weight excluding hydrogens is 162 g/mol. The fraction of sp³-hybridized carbons (Fsp3) is 1.00. The van der Waals surface area contributed by atoms with E-state index in [1.54, 1.807) is 0 Å². The van der Waals surface area contributed by atoms with E-state index < -0.39 is 0 Å². The van der Waals surface area contributed by atoms with Crippen LogP contribution in [0.25, 0.3) is 0 Å². The Balaban J connectivity index is 3.25. The van der Waals surface area contributed by atoms with Gasteiger partial charge < -0.3 is 10.1 Å². The van der Waals surface area contributed by atoms with Crippen LogP contribution in [0.15, 0.2) is 0 Å². The van der Waals surface area contributed by atoms with Crippen molar-refractivity contribution in [1.29, 1.82) is 0 Å². The average molecular weight is 187 g/mol. The predicted octanol–water partition coefficient (Wildman–Crippen LogP) is 2.44. The molecule has 2 heteroatoms. The molecule has 0 spiro atoms. The van der Waals surface area contributed by atoms with Gasteiger partial charge in [0.05, 0.1) is 6.10 Å². The molecule has 0 saturated carbocycles. The summed E-state index contributed by atoms with van der Waals surface area (Å²) in [4.78, 5) is 0. The van der Waals surface area contributed by atoms with Crippen molar-refractivity contribution in [2.24, 2.45) is 5.92 Å². The zero-order valence-corrected chi connectivity index (χ0v) is 9.76. The monoisotopic (exact) mass is 187 g/mol. The molecule has 0 bridgehead atoms. The quantitative estimate of drug-likeness (QED) is 0.661. The third-order valence-corrected chi connectivity index (χ3v) is 1.94. The molecule has 0 aromatic heterocycles. The van der Waals surface area contributed by atoms with Crippen LogP contribution < -0.4 is 5.32 Å². The fourth-order valence-electron chi connectivity index (χ4n) is 1.04. The summed E-state index contributed by atoms with van der Waals surface area (Å²) in [5.74, 6) is 0.709. The van der Waals surface area contributed by atoms with Crippen LogP contribution in [-0.4, -0.2) is 25.3 Å². The first-order valence-corrected chi connectivity index (χ1v) is 5.37. The molecule has 0 radical (unpaired) electrons. The summed E-state index contributed by atoms with van der Waals surface area (Å²) in [5, 5.41) is 3.43. The van der Waals surface area contributed by atoms with Crippen LogP contribution in [0, 0.1) is 5.92 Å². The van der Waals surface area contributed by atoms with Gasteiger partial charge in [0.2, 0.25) is 0 Å². The Kier molecular flexibility index (Phi) is 7.29. The minimum absolute atomic E-state index is 0.366. The molecule has 1 atom stereocenters. The van der Waals surface area contributed by atoms with Gasteiger partial charge in [0.1, 0.15) is 0 Å². The van der Waals surface area contributed by atoms with Gasteiger partial charge in [-0.3, -0.25) is 0 Å². The summed E-state index contributed by atoms with van der Waals surface area (Å²) < 4.78 is 5.49. The van der Waals surface area contributed by atoms with Gasteiger partial charge >= 0.3 is 0 Å². The van der Waals surface area contributed by atoms with E-state index in [1.807, 2.05) is 0 Å². The molecule has 0 aromatic carbocycles. The molecule has 0 saturated heterocycles. The SMILES string of the molecule is CC(CCOC(C)C)CNC(C)C. The summed E-state index contributed by atoms with van der Waals surface area (Å²) in [5.41, 5.74) is 0. The topological polar surface area (TPSA) is 21.3 Å². The van der Waals surface area contributed by atoms with Gasteiger partial charge in [0.25, 0.3) is 0 Å². The second kappa shape index (κ2) is 7.34. The van der Waals surface area contributed by atoms with Gasteiger partial charge in [-0.25, -0.2) is 0 Å². The van der Waals surface area contributed by atoms with Crippen LogP contribution in [0.3, 0.4) is 0 Å². The largest absolute Gasteiger partial charge is 0.379 e. The van der Waals surface area contributed by atoms with E-state index >= 15 is 0 Å². The van der Waals surface area contributed by atoms with E-state index in [2.05, 4.69) is 39.9 Å². The molecule has 0 aliphatic heterocycles. The van der Waals surface area contributed by atoms with E-state index in [-0.39, 0.29) is 0 Å². The van der Waals surface area contributed by atoms with E-state index in [0.29, 0.717) is 18.1 Å². The lowest BCUT2D eigenvalue weighted by Gasteiger charge is -2.15. The van der Waals surface area contributed by atoms with Crippen molar-refractivity contribution in [1.82, 2.24) is 5.32 Å². The maximum absolute atomic E-state index is 5.49. The van der Waals surface area contributed by atoms with Gasteiger partial charge in [0, 0.05) is 12.6 Å². The first kappa shape index (κ1) is 12.9. The van der Waals surface area contributed by atoms with Gasteiger partial charge in [0.15, 0.2) is 0 Å². The normalized spacial score (nSPS) is 14.1. The van der Waals surface area contributed by atoms with Crippen molar-refractivity contribution in [3.05, 3.63) is 0 Å². The van der Waals surface area contributed by atoms with Crippen LogP contribution >= 0.6 is 0 Å². The zero-order valence-electron chi connectivity index (χ0n) is 9.76. The van der Waals surface area contributed by atoms with E-state index in [9.17, 15) is 0 Å². The Bertz CT molecular complexity index is 113. The fourth-order valence-corrected chi connectivity index (χ4v) is 1.04. The molecule has 0 aliphatic carbocycles. The van der Waals surface area contributed by atoms with Crippen molar-refractivity contribution in [3.8, 4) is 0 Å². The number of rotatable bonds is 7. The van der Waals surface area contributed by atoms with Crippen LogP contribution in [-0.2, 0) is 4.74 Å². The molecule has 0 aromatic rings. The summed E-state index contributed by atoms with van der Waals surface area (Å²) in [6.07, 6.45) is 1.52. The van der Waals surface area contributed by atoms with Crippen molar-refractivity contribution in [2.75, 3.05) is 13.2 Å². The molecule has 0 fully saturated rings. The number of ether oxygens (including phenoxy) is 1. The smallest absolute Gasteiger partial charge is 0.0518 e. The van der Waals surface area contributed by atoms with Crippen molar-refractivity contribution >= 4 is 0 Å². The molecule has 1 N–H and O–H groups in total. The zero-order chi connectivity index (χ0) is 10.3. The van der Waals surface area contributed by atoms with Gasteiger partial charge in [-0.1, -0.05) is 20.8 Å². The maximum Gasteiger partial charge on any atom is 0.0518 e. The Labute approximate surface area is 83.1 Å². The van der Waals surface area contributed by atoms with E-state index in [0.717, 1.165) is 19.6 Å². The van der Waals surface area contributed by atoms with Gasteiger partial charge in [-0.2, -0.15) is 0 Å². The predicted molar refractivity (Wildman–Crippen MR) is 58.0 cm³/mol. The molecular formula is C11H25NO. The van der Waals surface area contributed by atoms with Crippen molar-refractivity contribution < 1.29 is 4.74 Å². The first-order chi connectivity index (χ1) is 6.02. The molecule has 0 aliphatic rings. The summed E-state index contributed by atoms with van der Waals surface area (Å²) in [6, 6.07) is 0.591. The van der Waals surface area contributed by atoms with E-state index in [1.165, 1.54) is 0 Å². The Morgan fingerprint density at radius 2 is 1.69 bits per heavy atom. The highest BCUT2D eigenvalue weighted by Gasteiger charge is 2.03. The first-order valence-electron chi connectivity index (χ1n) is 5.37. The summed E-state index contributed by atoms with van der Waals surface area (Å²) >= 11 is 0. The van der Waals surface area contributed by atoms with Crippen LogP contribution in [0.4, 0.5) is 0 Å². The Morgan fingerprint density at radius 3 is 2.15 bits per heavy atom. The minimum Gasteiger partial charge on any atom is -0.379 e. The minimum atomic E-state index is 0.366. The molecule has 0 heterocycles. The molecule has 13 heavy (non-hydrogen) atoms. The number of nitrogens with one attached hydrogen (secondary N) is 1. The Hall–Kier alpha value is -0.0800.